The molecule has 58 valence electrons. The van der Waals surface area contributed by atoms with Crippen molar-refractivity contribution in [2.45, 2.75) is 26.7 Å². The number of Topliss-reactive ketones (excluding diaryl/α,β-unsaturated/α-hetero) is 1. The summed E-state index contributed by atoms with van der Waals surface area (Å²) in [5.41, 5.74) is 0.0191. The molecule has 0 aromatic carbocycles. The lowest BCUT2D eigenvalue weighted by molar-refractivity contribution is -0.126. The Hall–Kier alpha value is 0.0200. The fourth-order valence-corrected chi connectivity index (χ4v) is 2.57. The number of thioether (sulfide) groups is 1. The van der Waals surface area contributed by atoms with E-state index in [4.69, 9.17) is 0 Å². The lowest BCUT2D eigenvalue weighted by Crippen LogP contribution is -2.29. The van der Waals surface area contributed by atoms with E-state index in [2.05, 4.69) is 6.92 Å². The van der Waals surface area contributed by atoms with Crippen molar-refractivity contribution in [1.29, 1.82) is 0 Å². The second-order valence-electron chi connectivity index (χ2n) is 3.23. The third-order valence-electron chi connectivity index (χ3n) is 2.45. The molecule has 0 N–H and O–H groups in total. The van der Waals surface area contributed by atoms with E-state index in [1.54, 1.807) is 6.92 Å². The Morgan fingerprint density at radius 1 is 1.40 bits per heavy atom. The van der Waals surface area contributed by atoms with Crippen molar-refractivity contribution < 1.29 is 4.79 Å². The van der Waals surface area contributed by atoms with Crippen LogP contribution in [0.4, 0.5) is 0 Å². The van der Waals surface area contributed by atoms with E-state index < -0.39 is 0 Å². The maximum absolute atomic E-state index is 11.1. The zero-order chi connectivity index (χ0) is 7.61. The molecule has 1 aliphatic rings. The maximum atomic E-state index is 11.1. The van der Waals surface area contributed by atoms with Gasteiger partial charge in [-0.2, -0.15) is 11.8 Å². The van der Waals surface area contributed by atoms with E-state index in [9.17, 15) is 4.79 Å². The quantitative estimate of drug-likeness (QED) is 0.581. The molecule has 0 atom stereocenters. The SMILES string of the molecule is CC(=O)C1(C)CCSCC1. The number of hydrogen-bond donors (Lipinski definition) is 0. The van der Waals surface area contributed by atoms with Crippen molar-refractivity contribution in [3.05, 3.63) is 0 Å². The number of carbonyl (C=O) groups excluding carboxylic acids is 1. The highest BCUT2D eigenvalue weighted by atomic mass is 32.2. The van der Waals surface area contributed by atoms with Crippen LogP contribution in [0.3, 0.4) is 0 Å². The minimum Gasteiger partial charge on any atom is -0.299 e. The molecule has 10 heavy (non-hydrogen) atoms. The Morgan fingerprint density at radius 2 is 1.90 bits per heavy atom. The molecule has 1 nitrogen and oxygen atoms in total. The van der Waals surface area contributed by atoms with Gasteiger partial charge in [-0.15, -0.1) is 0 Å². The number of rotatable bonds is 1. The van der Waals surface area contributed by atoms with Crippen molar-refractivity contribution in [3.8, 4) is 0 Å². The first-order chi connectivity index (χ1) is 4.65. The molecule has 1 fully saturated rings. The van der Waals surface area contributed by atoms with Crippen LogP contribution in [0.15, 0.2) is 0 Å². The van der Waals surface area contributed by atoms with Gasteiger partial charge in [0.05, 0.1) is 0 Å². The minimum absolute atomic E-state index is 0.0191. The second kappa shape index (κ2) is 2.95. The molecule has 0 amide bonds. The summed E-state index contributed by atoms with van der Waals surface area (Å²) in [7, 11) is 0. The molecule has 2 heteroatoms. The first-order valence-corrected chi connectivity index (χ1v) is 4.89. The Bertz CT molecular complexity index is 136. The van der Waals surface area contributed by atoms with E-state index in [1.165, 1.54) is 0 Å². The normalized spacial score (nSPS) is 24.2. The molecule has 0 saturated carbocycles. The zero-order valence-electron chi connectivity index (χ0n) is 6.64. The third kappa shape index (κ3) is 1.54. The second-order valence-corrected chi connectivity index (χ2v) is 4.45. The molecule has 0 aliphatic carbocycles. The third-order valence-corrected chi connectivity index (χ3v) is 3.43. The maximum Gasteiger partial charge on any atom is 0.135 e. The average Bonchev–Trinajstić information content (AvgIpc) is 1.89. The van der Waals surface area contributed by atoms with Crippen LogP contribution in [0, 0.1) is 5.41 Å². The predicted octanol–water partition coefficient (Wildman–Crippen LogP) is 2.11. The van der Waals surface area contributed by atoms with Crippen molar-refractivity contribution in [2.75, 3.05) is 11.5 Å². The van der Waals surface area contributed by atoms with Gasteiger partial charge < -0.3 is 0 Å². The average molecular weight is 158 g/mol. The molecular weight excluding hydrogens is 144 g/mol. The van der Waals surface area contributed by atoms with Crippen LogP contribution in [0.2, 0.25) is 0 Å². The molecule has 0 radical (unpaired) electrons. The van der Waals surface area contributed by atoms with Gasteiger partial charge in [0.15, 0.2) is 0 Å². The minimum atomic E-state index is 0.0191. The van der Waals surface area contributed by atoms with Crippen molar-refractivity contribution in [3.63, 3.8) is 0 Å². The van der Waals surface area contributed by atoms with Gasteiger partial charge in [0.1, 0.15) is 5.78 Å². The monoisotopic (exact) mass is 158 g/mol. The van der Waals surface area contributed by atoms with E-state index in [0.717, 1.165) is 24.3 Å². The van der Waals surface area contributed by atoms with Crippen LogP contribution in [0.1, 0.15) is 26.7 Å². The summed E-state index contributed by atoms with van der Waals surface area (Å²) in [5.74, 6) is 2.69. The molecule has 0 bridgehead atoms. The molecule has 0 spiro atoms. The molecule has 1 heterocycles. The standard InChI is InChI=1S/C8H14OS/c1-7(9)8(2)3-5-10-6-4-8/h3-6H2,1-2H3. The summed E-state index contributed by atoms with van der Waals surface area (Å²) in [5, 5.41) is 0. The van der Waals surface area contributed by atoms with Gasteiger partial charge in [0.25, 0.3) is 0 Å². The summed E-state index contributed by atoms with van der Waals surface area (Å²) < 4.78 is 0. The molecule has 1 aliphatic heterocycles. The zero-order valence-corrected chi connectivity index (χ0v) is 7.46. The number of carbonyl (C=O) groups is 1. The van der Waals surface area contributed by atoms with Crippen molar-refractivity contribution >= 4 is 17.5 Å². The van der Waals surface area contributed by atoms with E-state index in [1.807, 2.05) is 11.8 Å². The fourth-order valence-electron chi connectivity index (χ4n) is 1.17. The Labute approximate surface area is 66.6 Å². The Kier molecular flexibility index (Phi) is 2.40. The van der Waals surface area contributed by atoms with Crippen LogP contribution in [-0.4, -0.2) is 17.3 Å². The highest BCUT2D eigenvalue weighted by Crippen LogP contribution is 2.34. The Balaban J connectivity index is 2.56. The first-order valence-electron chi connectivity index (χ1n) is 3.74. The van der Waals surface area contributed by atoms with Crippen LogP contribution in [-0.2, 0) is 4.79 Å². The van der Waals surface area contributed by atoms with Crippen LogP contribution >= 0.6 is 11.8 Å². The van der Waals surface area contributed by atoms with Gasteiger partial charge in [0, 0.05) is 5.41 Å². The summed E-state index contributed by atoms with van der Waals surface area (Å²) in [6.45, 7) is 3.81. The summed E-state index contributed by atoms with van der Waals surface area (Å²) in [6, 6.07) is 0. The Morgan fingerprint density at radius 3 is 2.20 bits per heavy atom. The van der Waals surface area contributed by atoms with Gasteiger partial charge in [-0.3, -0.25) is 4.79 Å². The van der Waals surface area contributed by atoms with Crippen LogP contribution < -0.4 is 0 Å². The van der Waals surface area contributed by atoms with Crippen LogP contribution in [0.25, 0.3) is 0 Å². The molecule has 1 rings (SSSR count). The number of ketones is 1. The molecular formula is C8H14OS. The lowest BCUT2D eigenvalue weighted by atomic mass is 9.81. The predicted molar refractivity (Wildman–Crippen MR) is 45.3 cm³/mol. The summed E-state index contributed by atoms with van der Waals surface area (Å²) in [4.78, 5) is 11.1. The fraction of sp³-hybridized carbons (Fsp3) is 0.875. The number of hydrogen-bond acceptors (Lipinski definition) is 2. The smallest absolute Gasteiger partial charge is 0.135 e. The van der Waals surface area contributed by atoms with Gasteiger partial charge in [-0.25, -0.2) is 0 Å². The highest BCUT2D eigenvalue weighted by molar-refractivity contribution is 7.99. The van der Waals surface area contributed by atoms with Gasteiger partial charge in [-0.05, 0) is 31.3 Å². The van der Waals surface area contributed by atoms with Gasteiger partial charge >= 0.3 is 0 Å². The highest BCUT2D eigenvalue weighted by Gasteiger charge is 2.31. The largest absolute Gasteiger partial charge is 0.299 e. The van der Waals surface area contributed by atoms with Gasteiger partial charge in [-0.1, -0.05) is 6.92 Å². The van der Waals surface area contributed by atoms with Crippen LogP contribution in [0.5, 0.6) is 0 Å². The molecule has 1 saturated heterocycles. The van der Waals surface area contributed by atoms with E-state index in [-0.39, 0.29) is 5.41 Å². The van der Waals surface area contributed by atoms with Crippen molar-refractivity contribution in [2.24, 2.45) is 5.41 Å². The molecule has 0 unspecified atom stereocenters. The first kappa shape index (κ1) is 8.12. The molecule has 0 aromatic heterocycles. The van der Waals surface area contributed by atoms with Gasteiger partial charge in [0.2, 0.25) is 0 Å². The summed E-state index contributed by atoms with van der Waals surface area (Å²) in [6.07, 6.45) is 2.15. The van der Waals surface area contributed by atoms with E-state index >= 15 is 0 Å². The van der Waals surface area contributed by atoms with E-state index in [0.29, 0.717) is 5.78 Å². The molecule has 0 aromatic rings. The lowest BCUT2D eigenvalue weighted by Gasteiger charge is -2.30. The topological polar surface area (TPSA) is 17.1 Å². The summed E-state index contributed by atoms with van der Waals surface area (Å²) >= 11 is 1.96. The van der Waals surface area contributed by atoms with Crippen molar-refractivity contribution in [1.82, 2.24) is 0 Å².